The van der Waals surface area contributed by atoms with Gasteiger partial charge in [0.05, 0.1) is 17.3 Å². The fraction of sp³-hybridized carbons (Fsp3) is 0.500. The molecule has 0 spiro atoms. The summed E-state index contributed by atoms with van der Waals surface area (Å²) in [4.78, 5) is 26.8. The van der Waals surface area contributed by atoms with Crippen LogP contribution in [0.5, 0.6) is 0 Å². The minimum absolute atomic E-state index is 0.0528. The smallest absolute Gasteiger partial charge is 0.257 e. The maximum Gasteiger partial charge on any atom is 0.257 e. The van der Waals surface area contributed by atoms with Crippen LogP contribution in [-0.4, -0.2) is 49.9 Å². The summed E-state index contributed by atoms with van der Waals surface area (Å²) in [6.45, 7) is 5.24. The van der Waals surface area contributed by atoms with E-state index in [1.807, 2.05) is 24.9 Å². The number of nitrogens with zero attached hydrogens (tertiary/aromatic N) is 5. The lowest BCUT2D eigenvalue weighted by Gasteiger charge is -2.35. The normalized spacial score (nSPS) is 19.8. The number of aryl methyl sites for hydroxylation is 2. The van der Waals surface area contributed by atoms with Gasteiger partial charge < -0.3 is 9.47 Å². The number of benzene rings is 1. The maximum absolute atomic E-state index is 14.0. The van der Waals surface area contributed by atoms with Gasteiger partial charge >= 0.3 is 0 Å². The fourth-order valence-corrected chi connectivity index (χ4v) is 5.39. The highest BCUT2D eigenvalue weighted by Crippen LogP contribution is 2.32. The van der Waals surface area contributed by atoms with Crippen LogP contribution in [-0.2, 0) is 13.6 Å². The monoisotopic (exact) mass is 449 g/mol. The number of hydrogen-bond acceptors (Lipinski definition) is 4. The maximum atomic E-state index is 14.0. The first-order valence-corrected chi connectivity index (χ1v) is 12.1. The zero-order valence-electron chi connectivity index (χ0n) is 19.6. The number of piperidine rings is 2. The van der Waals surface area contributed by atoms with Crippen molar-refractivity contribution < 1.29 is 9.18 Å². The van der Waals surface area contributed by atoms with Crippen molar-refractivity contribution in [3.05, 3.63) is 59.1 Å². The first-order valence-electron chi connectivity index (χ1n) is 12.1. The number of carbonyl (C=O) groups excluding carboxylic acids is 1. The summed E-state index contributed by atoms with van der Waals surface area (Å²) in [5, 5.41) is 0.960. The van der Waals surface area contributed by atoms with Crippen LogP contribution in [0.1, 0.15) is 72.0 Å². The third-order valence-electron chi connectivity index (χ3n) is 7.19. The first-order chi connectivity index (χ1) is 16.0. The molecule has 1 amide bonds. The van der Waals surface area contributed by atoms with Crippen LogP contribution in [0.25, 0.3) is 10.9 Å². The molecule has 33 heavy (non-hydrogen) atoms. The van der Waals surface area contributed by atoms with E-state index in [2.05, 4.69) is 20.6 Å². The predicted octanol–water partition coefficient (Wildman–Crippen LogP) is 4.77. The first kappa shape index (κ1) is 22.0. The van der Waals surface area contributed by atoms with E-state index in [1.165, 1.54) is 12.5 Å². The van der Waals surface area contributed by atoms with Gasteiger partial charge in [-0.2, -0.15) is 0 Å². The Morgan fingerprint density at radius 2 is 1.91 bits per heavy atom. The second-order valence-electron chi connectivity index (χ2n) is 9.49. The SMILES string of the molecule is Cc1nc([C@@H]2CCCCN2Cc2cn(C)c3ccc(F)cc23)ncc1C(=O)N1CCCCC1. The standard InChI is InChI=1S/C26H32FN5O/c1-18-22(26(33)31-11-5-3-6-12-31)15-28-25(29-18)24-8-4-7-13-32(24)17-19-16-30(2)23-10-9-20(27)14-21(19)23/h9-10,14-16,24H,3-8,11-13,17H2,1-2H3/t24-/m0/s1. The zero-order chi connectivity index (χ0) is 22.9. The highest BCUT2D eigenvalue weighted by molar-refractivity contribution is 5.95. The number of aromatic nitrogens is 3. The molecule has 1 atom stereocenters. The Labute approximate surface area is 194 Å². The van der Waals surface area contributed by atoms with Crippen LogP contribution >= 0.6 is 0 Å². The van der Waals surface area contributed by atoms with Gasteiger partial charge in [0.15, 0.2) is 0 Å². The number of hydrogen-bond donors (Lipinski definition) is 0. The third kappa shape index (κ3) is 4.38. The molecule has 0 saturated carbocycles. The predicted molar refractivity (Wildman–Crippen MR) is 126 cm³/mol. The van der Waals surface area contributed by atoms with Crippen molar-refractivity contribution in [1.82, 2.24) is 24.3 Å². The van der Waals surface area contributed by atoms with E-state index in [4.69, 9.17) is 4.98 Å². The van der Waals surface area contributed by atoms with Crippen molar-refractivity contribution in [2.24, 2.45) is 7.05 Å². The van der Waals surface area contributed by atoms with Gasteiger partial charge in [-0.05, 0) is 69.3 Å². The van der Waals surface area contributed by atoms with Crippen LogP contribution in [0.2, 0.25) is 0 Å². The van der Waals surface area contributed by atoms with Crippen molar-refractivity contribution in [1.29, 1.82) is 0 Å². The molecular weight excluding hydrogens is 417 g/mol. The van der Waals surface area contributed by atoms with E-state index < -0.39 is 0 Å². The molecule has 3 aromatic rings. The van der Waals surface area contributed by atoms with Crippen molar-refractivity contribution in [2.75, 3.05) is 19.6 Å². The van der Waals surface area contributed by atoms with Crippen LogP contribution in [0.3, 0.4) is 0 Å². The second-order valence-corrected chi connectivity index (χ2v) is 9.49. The van der Waals surface area contributed by atoms with E-state index in [1.54, 1.807) is 12.3 Å². The molecule has 4 heterocycles. The molecule has 7 heteroatoms. The molecule has 2 aliphatic heterocycles. The molecule has 0 N–H and O–H groups in total. The van der Waals surface area contributed by atoms with Gasteiger partial charge in [0.1, 0.15) is 11.6 Å². The minimum atomic E-state index is -0.210. The van der Waals surface area contributed by atoms with E-state index >= 15 is 0 Å². The van der Waals surface area contributed by atoms with Crippen molar-refractivity contribution in [3.8, 4) is 0 Å². The summed E-state index contributed by atoms with van der Waals surface area (Å²) in [6.07, 6.45) is 10.4. The molecule has 0 aliphatic carbocycles. The average molecular weight is 450 g/mol. The van der Waals surface area contributed by atoms with Crippen LogP contribution in [0.15, 0.2) is 30.6 Å². The Balaban J connectivity index is 1.39. The summed E-state index contributed by atoms with van der Waals surface area (Å²) in [7, 11) is 2.00. The van der Waals surface area contributed by atoms with Crippen molar-refractivity contribution >= 4 is 16.8 Å². The molecule has 0 bridgehead atoms. The van der Waals surface area contributed by atoms with Crippen molar-refractivity contribution in [2.45, 2.75) is 58.0 Å². The Morgan fingerprint density at radius 3 is 2.70 bits per heavy atom. The Morgan fingerprint density at radius 1 is 1.12 bits per heavy atom. The summed E-state index contributed by atoms with van der Waals surface area (Å²) in [6, 6.07) is 5.08. The highest BCUT2D eigenvalue weighted by atomic mass is 19.1. The van der Waals surface area contributed by atoms with Crippen LogP contribution in [0, 0.1) is 12.7 Å². The van der Waals surface area contributed by atoms with Gasteiger partial charge in [-0.25, -0.2) is 14.4 Å². The molecule has 2 aromatic heterocycles. The topological polar surface area (TPSA) is 54.3 Å². The zero-order valence-corrected chi connectivity index (χ0v) is 19.6. The largest absolute Gasteiger partial charge is 0.350 e. The molecular formula is C26H32FN5O. The Hall–Kier alpha value is -2.80. The van der Waals surface area contributed by atoms with E-state index in [0.29, 0.717) is 5.56 Å². The minimum Gasteiger partial charge on any atom is -0.350 e. The molecule has 2 aliphatic rings. The lowest BCUT2D eigenvalue weighted by atomic mass is 10.00. The van der Waals surface area contributed by atoms with E-state index in [-0.39, 0.29) is 17.8 Å². The summed E-state index contributed by atoms with van der Waals surface area (Å²) < 4.78 is 16.0. The number of fused-ring (bicyclic) bond motifs is 1. The van der Waals surface area contributed by atoms with Crippen LogP contribution in [0.4, 0.5) is 4.39 Å². The highest BCUT2D eigenvalue weighted by Gasteiger charge is 2.29. The molecule has 6 nitrogen and oxygen atoms in total. The lowest BCUT2D eigenvalue weighted by molar-refractivity contribution is 0.0722. The van der Waals surface area contributed by atoms with E-state index in [9.17, 15) is 9.18 Å². The Kier molecular flexibility index (Phi) is 6.15. The van der Waals surface area contributed by atoms with Gasteiger partial charge in [-0.15, -0.1) is 0 Å². The van der Waals surface area contributed by atoms with Crippen molar-refractivity contribution in [3.63, 3.8) is 0 Å². The molecule has 0 radical (unpaired) electrons. The van der Waals surface area contributed by atoms with Gasteiger partial charge in [0, 0.05) is 50.0 Å². The van der Waals surface area contributed by atoms with Crippen LogP contribution < -0.4 is 0 Å². The van der Waals surface area contributed by atoms with Gasteiger partial charge in [-0.1, -0.05) is 6.42 Å². The van der Waals surface area contributed by atoms with Gasteiger partial charge in [0.25, 0.3) is 5.91 Å². The lowest BCUT2D eigenvalue weighted by Crippen LogP contribution is -2.37. The van der Waals surface area contributed by atoms with E-state index in [0.717, 1.165) is 86.3 Å². The number of likely N-dealkylation sites (tertiary alicyclic amines) is 2. The Bertz CT molecular complexity index is 1170. The quantitative estimate of drug-likeness (QED) is 0.576. The molecule has 1 aromatic carbocycles. The summed E-state index contributed by atoms with van der Waals surface area (Å²) in [5.74, 6) is 0.629. The molecule has 5 rings (SSSR count). The number of amides is 1. The molecule has 0 unspecified atom stereocenters. The number of halogens is 1. The third-order valence-corrected chi connectivity index (χ3v) is 7.19. The van der Waals surface area contributed by atoms with Gasteiger partial charge in [0.2, 0.25) is 0 Å². The second kappa shape index (κ2) is 9.21. The molecule has 2 fully saturated rings. The fourth-order valence-electron chi connectivity index (χ4n) is 5.39. The number of rotatable bonds is 4. The summed E-state index contributed by atoms with van der Waals surface area (Å²) in [5.41, 5.74) is 3.53. The van der Waals surface area contributed by atoms with Gasteiger partial charge in [-0.3, -0.25) is 9.69 Å². The average Bonchev–Trinajstić information content (AvgIpc) is 3.13. The summed E-state index contributed by atoms with van der Waals surface area (Å²) >= 11 is 0. The molecule has 2 saturated heterocycles. The molecule has 174 valence electrons. The number of carbonyl (C=O) groups is 1.